The van der Waals surface area contributed by atoms with Crippen LogP contribution < -0.4 is 0 Å². The molecule has 27 heavy (non-hydrogen) atoms. The van der Waals surface area contributed by atoms with Crippen LogP contribution in [0.1, 0.15) is 42.1 Å². The fraction of sp³-hybridized carbons (Fsp3) is 0.429. The molecule has 0 N–H and O–H groups in total. The number of rotatable bonds is 7. The van der Waals surface area contributed by atoms with Gasteiger partial charge in [-0.05, 0) is 50.8 Å². The lowest BCUT2D eigenvalue weighted by molar-refractivity contribution is -0.195. The summed E-state index contributed by atoms with van der Waals surface area (Å²) >= 11 is 0. The smallest absolute Gasteiger partial charge is 0.297 e. The maximum absolute atomic E-state index is 12.5. The minimum Gasteiger partial charge on any atom is -0.353 e. The molecule has 0 saturated carbocycles. The number of aryl methyl sites for hydroxylation is 2. The lowest BCUT2D eigenvalue weighted by atomic mass is 10.1. The van der Waals surface area contributed by atoms with Crippen LogP contribution in [0.5, 0.6) is 0 Å². The standard InChI is InChI=1S/C21H26O5S/c1-16-9-11-19(12-10-16)27(22,23)25-15-20(18-7-5-6-17(2)14-18)26-21-8-3-4-13-24-21/h5-7,9-12,14,20-21H,3-4,8,13,15H2,1-2H3. The zero-order chi connectivity index (χ0) is 19.3. The number of ether oxygens (including phenoxy) is 2. The molecule has 1 aliphatic rings. The second-order valence-corrected chi connectivity index (χ2v) is 8.50. The van der Waals surface area contributed by atoms with E-state index in [1.165, 1.54) is 0 Å². The molecule has 0 radical (unpaired) electrons. The number of hydrogen-bond donors (Lipinski definition) is 0. The van der Waals surface area contributed by atoms with Crippen LogP contribution in [-0.4, -0.2) is 27.9 Å². The lowest BCUT2D eigenvalue weighted by Gasteiger charge is -2.28. The Morgan fingerprint density at radius 2 is 1.85 bits per heavy atom. The quantitative estimate of drug-likeness (QED) is 0.660. The zero-order valence-electron chi connectivity index (χ0n) is 15.8. The lowest BCUT2D eigenvalue weighted by Crippen LogP contribution is -2.27. The average Bonchev–Trinajstić information content (AvgIpc) is 2.66. The Kier molecular flexibility index (Phi) is 6.65. The Balaban J connectivity index is 1.75. The normalized spacial score (nSPS) is 19.0. The highest BCUT2D eigenvalue weighted by Crippen LogP contribution is 2.26. The molecule has 1 fully saturated rings. The van der Waals surface area contributed by atoms with Gasteiger partial charge in [-0.25, -0.2) is 0 Å². The molecule has 1 saturated heterocycles. The molecule has 5 nitrogen and oxygen atoms in total. The fourth-order valence-corrected chi connectivity index (χ4v) is 3.92. The summed E-state index contributed by atoms with van der Waals surface area (Å²) in [6.45, 7) is 4.46. The zero-order valence-corrected chi connectivity index (χ0v) is 16.6. The average molecular weight is 391 g/mol. The Hall–Kier alpha value is -1.73. The van der Waals surface area contributed by atoms with E-state index in [1.54, 1.807) is 24.3 Å². The largest absolute Gasteiger partial charge is 0.353 e. The summed E-state index contributed by atoms with van der Waals surface area (Å²) in [6, 6.07) is 14.4. The van der Waals surface area contributed by atoms with E-state index in [9.17, 15) is 8.42 Å². The van der Waals surface area contributed by atoms with E-state index in [1.807, 2.05) is 38.1 Å². The molecule has 0 bridgehead atoms. The third kappa shape index (κ3) is 5.62. The molecule has 2 unspecified atom stereocenters. The minimum atomic E-state index is -3.85. The third-order valence-electron chi connectivity index (χ3n) is 4.55. The first-order valence-electron chi connectivity index (χ1n) is 9.24. The van der Waals surface area contributed by atoms with Gasteiger partial charge in [-0.1, -0.05) is 47.5 Å². The molecule has 0 spiro atoms. The predicted molar refractivity (Wildman–Crippen MR) is 103 cm³/mol. The first-order valence-corrected chi connectivity index (χ1v) is 10.6. The van der Waals surface area contributed by atoms with Gasteiger partial charge in [0.1, 0.15) is 6.10 Å². The summed E-state index contributed by atoms with van der Waals surface area (Å²) < 4.78 is 42.1. The minimum absolute atomic E-state index is 0.0977. The Labute approximate surface area is 161 Å². The number of hydrogen-bond acceptors (Lipinski definition) is 5. The van der Waals surface area contributed by atoms with E-state index in [2.05, 4.69) is 0 Å². The van der Waals surface area contributed by atoms with Crippen LogP contribution in [0, 0.1) is 13.8 Å². The van der Waals surface area contributed by atoms with E-state index in [0.717, 1.165) is 36.0 Å². The Morgan fingerprint density at radius 3 is 2.52 bits per heavy atom. The highest BCUT2D eigenvalue weighted by atomic mass is 32.2. The second-order valence-electron chi connectivity index (χ2n) is 6.89. The van der Waals surface area contributed by atoms with Crippen molar-refractivity contribution in [2.75, 3.05) is 13.2 Å². The SMILES string of the molecule is Cc1ccc(S(=O)(=O)OCC(OC2CCCCO2)c2cccc(C)c2)cc1. The van der Waals surface area contributed by atoms with Gasteiger partial charge in [-0.2, -0.15) is 8.42 Å². The van der Waals surface area contributed by atoms with Gasteiger partial charge in [-0.3, -0.25) is 4.18 Å². The van der Waals surface area contributed by atoms with Crippen LogP contribution in [0.15, 0.2) is 53.4 Å². The monoisotopic (exact) mass is 390 g/mol. The summed E-state index contributed by atoms with van der Waals surface area (Å²) in [6.07, 6.45) is 2.00. The Bertz CT molecular complexity index is 839. The van der Waals surface area contributed by atoms with Crippen molar-refractivity contribution in [2.45, 2.75) is 50.4 Å². The van der Waals surface area contributed by atoms with Crippen LogP contribution >= 0.6 is 0 Å². The molecule has 1 heterocycles. The molecular formula is C21H26O5S. The molecule has 1 aliphatic heterocycles. The van der Waals surface area contributed by atoms with Crippen molar-refractivity contribution >= 4 is 10.1 Å². The van der Waals surface area contributed by atoms with Crippen LogP contribution in [0.25, 0.3) is 0 Å². The molecule has 3 rings (SSSR count). The highest BCUT2D eigenvalue weighted by Gasteiger charge is 2.24. The maximum atomic E-state index is 12.5. The van der Waals surface area contributed by atoms with E-state index in [0.29, 0.717) is 6.61 Å². The molecule has 6 heteroatoms. The van der Waals surface area contributed by atoms with E-state index >= 15 is 0 Å². The molecule has 2 atom stereocenters. The van der Waals surface area contributed by atoms with Gasteiger partial charge >= 0.3 is 0 Å². The fourth-order valence-electron chi connectivity index (χ4n) is 3.01. The molecule has 0 aliphatic carbocycles. The van der Waals surface area contributed by atoms with Crippen molar-refractivity contribution < 1.29 is 22.1 Å². The molecule has 0 amide bonds. The van der Waals surface area contributed by atoms with Crippen LogP contribution in [0.4, 0.5) is 0 Å². The second kappa shape index (κ2) is 8.97. The Morgan fingerprint density at radius 1 is 1.07 bits per heavy atom. The van der Waals surface area contributed by atoms with Crippen molar-refractivity contribution in [3.63, 3.8) is 0 Å². The first kappa shape index (κ1) is 20.0. The predicted octanol–water partition coefficient (Wildman–Crippen LogP) is 4.29. The van der Waals surface area contributed by atoms with Crippen LogP contribution in [0.3, 0.4) is 0 Å². The van der Waals surface area contributed by atoms with Crippen molar-refractivity contribution in [2.24, 2.45) is 0 Å². The summed E-state index contributed by atoms with van der Waals surface area (Å²) in [5.74, 6) is 0. The van der Waals surface area contributed by atoms with Gasteiger partial charge in [0.2, 0.25) is 0 Å². The van der Waals surface area contributed by atoms with E-state index in [-0.39, 0.29) is 17.8 Å². The molecule has 2 aromatic rings. The summed E-state index contributed by atoms with van der Waals surface area (Å²) in [7, 11) is -3.85. The van der Waals surface area contributed by atoms with E-state index < -0.39 is 16.2 Å². The molecular weight excluding hydrogens is 364 g/mol. The van der Waals surface area contributed by atoms with Crippen molar-refractivity contribution in [1.82, 2.24) is 0 Å². The van der Waals surface area contributed by atoms with Crippen LogP contribution in [0.2, 0.25) is 0 Å². The topological polar surface area (TPSA) is 61.8 Å². The first-order chi connectivity index (χ1) is 12.9. The molecule has 146 valence electrons. The third-order valence-corrected chi connectivity index (χ3v) is 5.85. The van der Waals surface area contributed by atoms with Gasteiger partial charge in [0.05, 0.1) is 11.5 Å². The maximum Gasteiger partial charge on any atom is 0.297 e. The van der Waals surface area contributed by atoms with Gasteiger partial charge < -0.3 is 9.47 Å². The molecule has 2 aromatic carbocycles. The van der Waals surface area contributed by atoms with E-state index in [4.69, 9.17) is 13.7 Å². The van der Waals surface area contributed by atoms with Gasteiger partial charge in [-0.15, -0.1) is 0 Å². The molecule has 0 aromatic heterocycles. The number of benzene rings is 2. The van der Waals surface area contributed by atoms with Crippen LogP contribution in [-0.2, 0) is 23.8 Å². The van der Waals surface area contributed by atoms with Crippen molar-refractivity contribution in [3.05, 3.63) is 65.2 Å². The summed E-state index contributed by atoms with van der Waals surface area (Å²) in [4.78, 5) is 0.144. The van der Waals surface area contributed by atoms with Gasteiger partial charge in [0, 0.05) is 6.61 Å². The van der Waals surface area contributed by atoms with Crippen molar-refractivity contribution in [3.8, 4) is 0 Å². The van der Waals surface area contributed by atoms with Crippen molar-refractivity contribution in [1.29, 1.82) is 0 Å². The summed E-state index contributed by atoms with van der Waals surface area (Å²) in [5, 5.41) is 0. The highest BCUT2D eigenvalue weighted by molar-refractivity contribution is 7.86. The van der Waals surface area contributed by atoms with Gasteiger partial charge in [0.15, 0.2) is 6.29 Å². The summed E-state index contributed by atoms with van der Waals surface area (Å²) in [5.41, 5.74) is 2.94. The van der Waals surface area contributed by atoms with Gasteiger partial charge in [0.25, 0.3) is 10.1 Å².